The van der Waals surface area contributed by atoms with Gasteiger partial charge in [0.25, 0.3) is 0 Å². The Hall–Kier alpha value is -6.63. The highest BCUT2D eigenvalue weighted by Crippen LogP contribution is 2.41. The van der Waals surface area contributed by atoms with E-state index in [9.17, 15) is 0 Å². The Morgan fingerprint density at radius 2 is 1.10 bits per heavy atom. The van der Waals surface area contributed by atoms with Crippen LogP contribution < -0.4 is 0 Å². The molecular formula is C45H26N4OS. The van der Waals surface area contributed by atoms with E-state index in [1.54, 1.807) is 11.3 Å². The van der Waals surface area contributed by atoms with Crippen LogP contribution in [0.2, 0.25) is 0 Å². The van der Waals surface area contributed by atoms with Crippen molar-refractivity contribution in [3.05, 3.63) is 158 Å². The van der Waals surface area contributed by atoms with E-state index in [-0.39, 0.29) is 17.2 Å². The molecule has 0 amide bonds. The lowest BCUT2D eigenvalue weighted by Gasteiger charge is -2.09. The summed E-state index contributed by atoms with van der Waals surface area (Å²) in [5, 5.41) is 6.33. The topological polar surface area (TPSA) is 56.7 Å². The first-order chi connectivity index (χ1) is 27.4. The molecule has 0 spiro atoms. The van der Waals surface area contributed by atoms with Crippen LogP contribution >= 0.6 is 11.3 Å². The highest BCUT2D eigenvalue weighted by Gasteiger charge is 2.21. The molecule has 5 nitrogen and oxygen atoms in total. The second-order valence-electron chi connectivity index (χ2n) is 12.4. The minimum Gasteiger partial charge on any atom is -0.453 e. The van der Waals surface area contributed by atoms with Crippen molar-refractivity contribution < 1.29 is 11.3 Å². The zero-order valence-corrected chi connectivity index (χ0v) is 27.5. The van der Waals surface area contributed by atoms with E-state index in [4.69, 9.17) is 26.2 Å². The van der Waals surface area contributed by atoms with Crippen molar-refractivity contribution in [2.45, 2.75) is 0 Å². The third kappa shape index (κ3) is 4.30. The summed E-state index contributed by atoms with van der Waals surface area (Å²) in [5.74, 6) is 0.518. The highest BCUT2D eigenvalue weighted by atomic mass is 32.1. The Labute approximate surface area is 302 Å². The molecule has 7 aromatic carbocycles. The van der Waals surface area contributed by atoms with Crippen LogP contribution in [0.3, 0.4) is 0 Å². The second-order valence-corrected chi connectivity index (χ2v) is 13.5. The summed E-state index contributed by atoms with van der Waals surface area (Å²) in [5.41, 5.74) is 5.42. The molecule has 6 heteroatoms. The zero-order chi connectivity index (χ0) is 37.8. The van der Waals surface area contributed by atoms with Gasteiger partial charge in [0.1, 0.15) is 5.58 Å². The number of hydrogen-bond donors (Lipinski definition) is 0. The van der Waals surface area contributed by atoms with Gasteiger partial charge in [0.05, 0.1) is 29.1 Å². The normalized spacial score (nSPS) is 13.3. The summed E-state index contributed by atoms with van der Waals surface area (Å²) in [6.45, 7) is 0. The Bertz CT molecular complexity index is 3380. The predicted octanol–water partition coefficient (Wildman–Crippen LogP) is 12.2. The summed E-state index contributed by atoms with van der Waals surface area (Å²) in [4.78, 5) is 14.7. The summed E-state index contributed by atoms with van der Waals surface area (Å²) in [6, 6.07) is 40.7. The van der Waals surface area contributed by atoms with Gasteiger partial charge in [0.15, 0.2) is 23.1 Å². The predicted molar refractivity (Wildman–Crippen MR) is 211 cm³/mol. The SMILES string of the molecule is [2H]c1c([2H])c([2H])c(-c2nc(-c3ccc4c(c3)sc3ccccc34)nc(-c3cccc4c3oc3c(-n5c6ccccc6c6ccccc65)cccc34)n2)c([2H])c1[2H]. The van der Waals surface area contributed by atoms with Gasteiger partial charge in [-0.15, -0.1) is 11.3 Å². The molecule has 11 rings (SSSR count). The smallest absolute Gasteiger partial charge is 0.167 e. The lowest BCUT2D eigenvalue weighted by atomic mass is 10.1. The number of rotatable bonds is 4. The number of fused-ring (bicyclic) bond motifs is 9. The van der Waals surface area contributed by atoms with E-state index in [0.717, 1.165) is 58.4 Å². The molecule has 4 aromatic heterocycles. The molecule has 0 radical (unpaired) electrons. The van der Waals surface area contributed by atoms with E-state index >= 15 is 0 Å². The van der Waals surface area contributed by atoms with Gasteiger partial charge in [-0.1, -0.05) is 121 Å². The number of furan rings is 1. The van der Waals surface area contributed by atoms with Gasteiger partial charge in [0.2, 0.25) is 0 Å². The molecule has 238 valence electrons. The van der Waals surface area contributed by atoms with Crippen LogP contribution in [0.25, 0.3) is 104 Å². The van der Waals surface area contributed by atoms with Gasteiger partial charge in [-0.2, -0.15) is 0 Å². The largest absolute Gasteiger partial charge is 0.453 e. The van der Waals surface area contributed by atoms with Crippen molar-refractivity contribution in [2.24, 2.45) is 0 Å². The van der Waals surface area contributed by atoms with Crippen LogP contribution in [-0.4, -0.2) is 19.5 Å². The van der Waals surface area contributed by atoms with Crippen LogP contribution in [-0.2, 0) is 0 Å². The molecule has 0 unspecified atom stereocenters. The van der Waals surface area contributed by atoms with Crippen LogP contribution in [0.5, 0.6) is 0 Å². The summed E-state index contributed by atoms with van der Waals surface area (Å²) < 4.78 is 54.0. The molecule has 0 fully saturated rings. The molecule has 0 aliphatic carbocycles. The minimum absolute atomic E-state index is 0.0301. The molecule has 0 saturated heterocycles. The number of para-hydroxylation sites is 4. The third-order valence-electron chi connectivity index (χ3n) is 9.56. The fraction of sp³-hybridized carbons (Fsp3) is 0. The lowest BCUT2D eigenvalue weighted by molar-refractivity contribution is 0.667. The first kappa shape index (κ1) is 23.7. The standard InChI is InChI=1S/C45H26N4OS/c1-2-12-27(13-3-1)43-46-44(28-24-25-32-31-16-6-9-23-39(31)51-40(32)26-28)48-45(47-43)35-19-10-17-33-34-18-11-22-38(42(34)50-41(33)35)49-36-20-7-4-14-29(36)30-15-5-8-21-37(30)49/h1-26H/i1D,2D,3D,12D,13D. The number of aromatic nitrogens is 4. The van der Waals surface area contributed by atoms with Crippen molar-refractivity contribution in [1.82, 2.24) is 19.5 Å². The maximum absolute atomic E-state index is 8.81. The third-order valence-corrected chi connectivity index (χ3v) is 10.7. The Balaban J connectivity index is 1.18. The maximum atomic E-state index is 8.81. The lowest BCUT2D eigenvalue weighted by Crippen LogP contribution is -2.00. The molecular weight excluding hydrogens is 645 g/mol. The first-order valence-electron chi connectivity index (χ1n) is 19.0. The highest BCUT2D eigenvalue weighted by molar-refractivity contribution is 7.25. The molecule has 0 aliphatic heterocycles. The molecule has 0 aliphatic rings. The quantitative estimate of drug-likeness (QED) is 0.186. The van der Waals surface area contributed by atoms with Gasteiger partial charge in [0, 0.05) is 52.8 Å². The van der Waals surface area contributed by atoms with Gasteiger partial charge < -0.3 is 8.98 Å². The van der Waals surface area contributed by atoms with Crippen LogP contribution in [0.4, 0.5) is 0 Å². The van der Waals surface area contributed by atoms with E-state index in [1.807, 2.05) is 72.8 Å². The summed E-state index contributed by atoms with van der Waals surface area (Å²) >= 11 is 1.67. The maximum Gasteiger partial charge on any atom is 0.167 e. The molecule has 0 atom stereocenters. The number of nitrogens with zero attached hydrogens (tertiary/aromatic N) is 4. The first-order valence-corrected chi connectivity index (χ1v) is 17.4. The van der Waals surface area contributed by atoms with E-state index in [1.165, 1.54) is 0 Å². The van der Waals surface area contributed by atoms with Gasteiger partial charge in [-0.3, -0.25) is 0 Å². The van der Waals surface area contributed by atoms with Crippen LogP contribution in [0, 0.1) is 0 Å². The average Bonchev–Trinajstić information content (AvgIpc) is 3.91. The van der Waals surface area contributed by atoms with E-state index in [2.05, 4.69) is 59.2 Å². The van der Waals surface area contributed by atoms with Crippen molar-refractivity contribution in [3.63, 3.8) is 0 Å². The fourth-order valence-corrected chi connectivity index (χ4v) is 8.45. The van der Waals surface area contributed by atoms with Crippen molar-refractivity contribution in [1.29, 1.82) is 0 Å². The Morgan fingerprint density at radius 3 is 1.88 bits per heavy atom. The van der Waals surface area contributed by atoms with Crippen LogP contribution in [0.15, 0.2) is 162 Å². The average molecular weight is 676 g/mol. The molecule has 0 bridgehead atoms. The van der Waals surface area contributed by atoms with Gasteiger partial charge >= 0.3 is 0 Å². The molecule has 51 heavy (non-hydrogen) atoms. The monoisotopic (exact) mass is 675 g/mol. The number of hydrogen-bond acceptors (Lipinski definition) is 5. The minimum atomic E-state index is -0.487. The second kappa shape index (κ2) is 10.9. The van der Waals surface area contributed by atoms with Crippen molar-refractivity contribution in [3.8, 4) is 39.9 Å². The number of thiophene rings is 1. The Kier molecular flexibility index (Phi) is 5.08. The summed E-state index contributed by atoms with van der Waals surface area (Å²) in [6.07, 6.45) is 0. The van der Waals surface area contributed by atoms with Crippen LogP contribution in [0.1, 0.15) is 6.85 Å². The molecule has 4 heterocycles. The fourth-order valence-electron chi connectivity index (χ4n) is 7.30. The van der Waals surface area contributed by atoms with E-state index < -0.39 is 30.2 Å². The number of benzene rings is 7. The zero-order valence-electron chi connectivity index (χ0n) is 31.7. The van der Waals surface area contributed by atoms with Crippen molar-refractivity contribution >= 4 is 75.3 Å². The van der Waals surface area contributed by atoms with Crippen molar-refractivity contribution in [2.75, 3.05) is 0 Å². The summed E-state index contributed by atoms with van der Waals surface area (Å²) in [7, 11) is 0. The van der Waals surface area contributed by atoms with E-state index in [0.29, 0.717) is 28.1 Å². The molecule has 0 saturated carbocycles. The van der Waals surface area contributed by atoms with Gasteiger partial charge in [-0.25, -0.2) is 15.0 Å². The molecule has 0 N–H and O–H groups in total. The van der Waals surface area contributed by atoms with Gasteiger partial charge in [-0.05, 0) is 36.4 Å². The Morgan fingerprint density at radius 1 is 0.490 bits per heavy atom. The molecule has 11 aromatic rings.